The van der Waals surface area contributed by atoms with E-state index in [1.807, 2.05) is 0 Å². The number of carbonyl (C=O) groups is 1. The first-order valence-electron chi connectivity index (χ1n) is 5.77. The first-order valence-corrected chi connectivity index (χ1v) is 5.77. The van der Waals surface area contributed by atoms with Crippen LogP contribution in [0.5, 0.6) is 0 Å². The van der Waals surface area contributed by atoms with Crippen molar-refractivity contribution >= 4 is 5.97 Å². The van der Waals surface area contributed by atoms with E-state index in [1.165, 1.54) is 13.0 Å². The van der Waals surface area contributed by atoms with Gasteiger partial charge in [0.25, 0.3) is 0 Å². The van der Waals surface area contributed by atoms with Gasteiger partial charge in [-0.1, -0.05) is 0 Å². The van der Waals surface area contributed by atoms with E-state index in [4.69, 9.17) is 19.3 Å². The molecule has 0 amide bonds. The van der Waals surface area contributed by atoms with Crippen LogP contribution < -0.4 is 0 Å². The maximum absolute atomic E-state index is 11.0. The molecule has 0 saturated carbocycles. The van der Waals surface area contributed by atoms with Gasteiger partial charge in [-0.15, -0.1) is 0 Å². The van der Waals surface area contributed by atoms with Crippen LogP contribution in [0.3, 0.4) is 0 Å². The Morgan fingerprint density at radius 1 is 1.32 bits per heavy atom. The van der Waals surface area contributed by atoms with Gasteiger partial charge in [-0.2, -0.15) is 0 Å². The van der Waals surface area contributed by atoms with Crippen LogP contribution in [0.1, 0.15) is 6.92 Å². The molecule has 0 aliphatic carbocycles. The van der Waals surface area contributed by atoms with Gasteiger partial charge in [0.15, 0.2) is 6.29 Å². The quantitative estimate of drug-likeness (QED) is 0.421. The SMILES string of the molecule is C[C@]1(O[C@H]2O[C@H](CO)[C@H](O)[C@@H](O)[C@H]2O)C=CC(=O)O1. The third-order valence-corrected chi connectivity index (χ3v) is 3.02. The molecule has 1 saturated heterocycles. The van der Waals surface area contributed by atoms with Crippen molar-refractivity contribution in [3.05, 3.63) is 12.2 Å². The van der Waals surface area contributed by atoms with E-state index < -0.39 is 49.1 Å². The number of cyclic esters (lactones) is 1. The molecular formula is C11H16O8. The molecule has 1 fully saturated rings. The second kappa shape index (κ2) is 5.16. The zero-order valence-electron chi connectivity index (χ0n) is 10.2. The highest BCUT2D eigenvalue weighted by atomic mass is 16.8. The summed E-state index contributed by atoms with van der Waals surface area (Å²) in [6.07, 6.45) is -4.48. The lowest BCUT2D eigenvalue weighted by molar-refractivity contribution is -0.345. The lowest BCUT2D eigenvalue weighted by Crippen LogP contribution is -2.60. The van der Waals surface area contributed by atoms with Crippen LogP contribution in [-0.4, -0.2) is 69.5 Å². The van der Waals surface area contributed by atoms with E-state index in [2.05, 4.69) is 0 Å². The van der Waals surface area contributed by atoms with Crippen molar-refractivity contribution in [2.75, 3.05) is 6.61 Å². The number of carbonyl (C=O) groups excluding carboxylic acids is 1. The van der Waals surface area contributed by atoms with Gasteiger partial charge in [-0.25, -0.2) is 4.79 Å². The topological polar surface area (TPSA) is 126 Å². The van der Waals surface area contributed by atoms with Crippen molar-refractivity contribution in [1.82, 2.24) is 0 Å². The molecule has 0 bridgehead atoms. The molecule has 2 heterocycles. The Bertz CT molecular complexity index is 381. The number of esters is 1. The van der Waals surface area contributed by atoms with E-state index in [-0.39, 0.29) is 0 Å². The average molecular weight is 276 g/mol. The molecule has 0 aromatic rings. The van der Waals surface area contributed by atoms with Gasteiger partial charge in [0.05, 0.1) is 6.61 Å². The fourth-order valence-corrected chi connectivity index (χ4v) is 1.95. The summed E-state index contributed by atoms with van der Waals surface area (Å²) < 4.78 is 15.3. The monoisotopic (exact) mass is 276 g/mol. The number of aliphatic hydroxyl groups excluding tert-OH is 4. The van der Waals surface area contributed by atoms with Crippen LogP contribution in [-0.2, 0) is 19.0 Å². The van der Waals surface area contributed by atoms with Gasteiger partial charge >= 0.3 is 5.97 Å². The molecule has 0 unspecified atom stereocenters. The molecule has 0 radical (unpaired) electrons. The predicted octanol–water partition coefficient (Wildman–Crippen LogP) is -2.37. The van der Waals surface area contributed by atoms with Crippen molar-refractivity contribution in [2.45, 2.75) is 43.4 Å². The maximum Gasteiger partial charge on any atom is 0.333 e. The number of rotatable bonds is 3. The fraction of sp³-hybridized carbons (Fsp3) is 0.727. The first-order chi connectivity index (χ1) is 8.86. The summed E-state index contributed by atoms with van der Waals surface area (Å²) in [6.45, 7) is 0.868. The number of aliphatic hydroxyl groups is 4. The van der Waals surface area contributed by atoms with Crippen molar-refractivity contribution in [1.29, 1.82) is 0 Å². The van der Waals surface area contributed by atoms with Crippen molar-refractivity contribution < 1.29 is 39.4 Å². The van der Waals surface area contributed by atoms with E-state index in [0.29, 0.717) is 0 Å². The fourth-order valence-electron chi connectivity index (χ4n) is 1.95. The summed E-state index contributed by atoms with van der Waals surface area (Å²) in [6, 6.07) is 0. The zero-order valence-corrected chi connectivity index (χ0v) is 10.2. The third-order valence-electron chi connectivity index (χ3n) is 3.02. The Hall–Kier alpha value is -1.03. The molecule has 2 rings (SSSR count). The molecule has 4 N–H and O–H groups in total. The number of ether oxygens (including phenoxy) is 3. The Labute approximate surface area is 108 Å². The lowest BCUT2D eigenvalue weighted by Gasteiger charge is -2.41. The maximum atomic E-state index is 11.0. The highest BCUT2D eigenvalue weighted by Gasteiger charge is 2.47. The molecular weight excluding hydrogens is 260 g/mol. The second-order valence-corrected chi connectivity index (χ2v) is 4.59. The van der Waals surface area contributed by atoms with Crippen molar-refractivity contribution in [3.8, 4) is 0 Å². The summed E-state index contributed by atoms with van der Waals surface area (Å²) in [4.78, 5) is 11.0. The van der Waals surface area contributed by atoms with E-state index in [9.17, 15) is 20.1 Å². The lowest BCUT2D eigenvalue weighted by atomic mass is 9.99. The highest BCUT2D eigenvalue weighted by Crippen LogP contribution is 2.29. The van der Waals surface area contributed by atoms with Crippen LogP contribution in [0.15, 0.2) is 12.2 Å². The highest BCUT2D eigenvalue weighted by molar-refractivity contribution is 5.84. The number of hydrogen-bond acceptors (Lipinski definition) is 8. The second-order valence-electron chi connectivity index (χ2n) is 4.59. The van der Waals surface area contributed by atoms with Gasteiger partial charge < -0.3 is 34.6 Å². The first kappa shape index (κ1) is 14.4. The van der Waals surface area contributed by atoms with Crippen molar-refractivity contribution in [2.24, 2.45) is 0 Å². The summed E-state index contributed by atoms with van der Waals surface area (Å²) in [5.41, 5.74) is 0. The standard InChI is InChI=1S/C11H16O8/c1-11(3-2-6(13)18-11)19-10-9(16)8(15)7(14)5(4-12)17-10/h2-3,5,7-10,12,14-16H,4H2,1H3/t5-,7+,8-,9-,10-,11+/m1/s1. The van der Waals surface area contributed by atoms with Crippen molar-refractivity contribution in [3.63, 3.8) is 0 Å². The van der Waals surface area contributed by atoms with Gasteiger partial charge in [0, 0.05) is 13.0 Å². The van der Waals surface area contributed by atoms with Gasteiger partial charge in [-0.05, 0) is 6.08 Å². The Morgan fingerprint density at radius 2 is 2.00 bits per heavy atom. The van der Waals surface area contributed by atoms with Gasteiger partial charge in [0.2, 0.25) is 5.79 Å². The summed E-state index contributed by atoms with van der Waals surface area (Å²) >= 11 is 0. The summed E-state index contributed by atoms with van der Waals surface area (Å²) in [7, 11) is 0. The molecule has 0 aromatic heterocycles. The number of hydrogen-bond donors (Lipinski definition) is 4. The van der Waals surface area contributed by atoms with Crippen LogP contribution in [0.25, 0.3) is 0 Å². The Kier molecular flexibility index (Phi) is 3.90. The van der Waals surface area contributed by atoms with E-state index >= 15 is 0 Å². The summed E-state index contributed by atoms with van der Waals surface area (Å²) in [5, 5.41) is 37.9. The van der Waals surface area contributed by atoms with E-state index in [0.717, 1.165) is 6.08 Å². The average Bonchev–Trinajstić information content (AvgIpc) is 2.70. The molecule has 8 nitrogen and oxygen atoms in total. The molecule has 0 spiro atoms. The summed E-state index contributed by atoms with van der Waals surface area (Å²) in [5.74, 6) is -2.03. The van der Waals surface area contributed by atoms with Crippen LogP contribution in [0.2, 0.25) is 0 Å². The molecule has 2 aliphatic heterocycles. The molecule has 6 atom stereocenters. The van der Waals surface area contributed by atoms with Crippen LogP contribution in [0.4, 0.5) is 0 Å². The van der Waals surface area contributed by atoms with E-state index in [1.54, 1.807) is 0 Å². The van der Waals surface area contributed by atoms with Crippen LogP contribution in [0, 0.1) is 0 Å². The minimum atomic E-state index is -1.54. The molecule has 8 heteroatoms. The minimum absolute atomic E-state index is 0.558. The predicted molar refractivity (Wildman–Crippen MR) is 58.5 cm³/mol. The molecule has 108 valence electrons. The zero-order chi connectivity index (χ0) is 14.2. The molecule has 19 heavy (non-hydrogen) atoms. The smallest absolute Gasteiger partial charge is 0.333 e. The molecule has 2 aliphatic rings. The van der Waals surface area contributed by atoms with Crippen LogP contribution >= 0.6 is 0 Å². The molecule has 0 aromatic carbocycles. The normalized spacial score (nSPS) is 46.4. The largest absolute Gasteiger partial charge is 0.426 e. The minimum Gasteiger partial charge on any atom is -0.426 e. The van der Waals surface area contributed by atoms with Gasteiger partial charge in [0.1, 0.15) is 24.4 Å². The third kappa shape index (κ3) is 2.78. The Balaban J connectivity index is 2.07. The Morgan fingerprint density at radius 3 is 2.53 bits per heavy atom. The van der Waals surface area contributed by atoms with Gasteiger partial charge in [-0.3, -0.25) is 0 Å².